The zero-order valence-corrected chi connectivity index (χ0v) is 17.2. The third-order valence-corrected chi connectivity index (χ3v) is 4.66. The maximum absolute atomic E-state index is 5.99. The first-order valence-corrected chi connectivity index (χ1v) is 8.31. The van der Waals surface area contributed by atoms with Crippen LogP contribution in [0.3, 0.4) is 0 Å². The molecule has 0 radical (unpaired) electrons. The summed E-state index contributed by atoms with van der Waals surface area (Å²) in [6.07, 6.45) is 1.78. The van der Waals surface area contributed by atoms with Crippen LogP contribution in [0.25, 0.3) is 10.2 Å². The molecule has 0 bridgehead atoms. The lowest BCUT2D eigenvalue weighted by atomic mass is 10.3. The van der Waals surface area contributed by atoms with Crippen molar-refractivity contribution in [3.8, 4) is 0 Å². The fourth-order valence-electron chi connectivity index (χ4n) is 2.15. The first-order chi connectivity index (χ1) is 11.2. The Morgan fingerprint density at radius 1 is 1.29 bits per heavy atom. The average molecular weight is 477 g/mol. The first kappa shape index (κ1) is 18.9. The number of benzene rings is 1. The van der Waals surface area contributed by atoms with E-state index in [1.165, 1.54) is 0 Å². The molecular weight excluding hydrogens is 459 g/mol. The second kappa shape index (κ2) is 8.63. The molecule has 0 saturated carbocycles. The lowest BCUT2D eigenvalue weighted by molar-refractivity contribution is 0.684. The smallest absolute Gasteiger partial charge is 0.191 e. The normalized spacial score (nSPS) is 11.4. The van der Waals surface area contributed by atoms with Crippen LogP contribution in [0.15, 0.2) is 35.5 Å². The number of nitrogens with one attached hydrogen (secondary N) is 2. The number of fused-ring (bicyclic) bond motifs is 1. The van der Waals surface area contributed by atoms with Crippen LogP contribution in [0, 0.1) is 0 Å². The van der Waals surface area contributed by atoms with Crippen LogP contribution >= 0.6 is 46.9 Å². The lowest BCUT2D eigenvalue weighted by Crippen LogP contribution is -2.36. The van der Waals surface area contributed by atoms with Gasteiger partial charge in [0.15, 0.2) is 5.96 Å². The number of aliphatic imine (C=N–C) groups is 1. The Hall–Kier alpha value is -1.39. The minimum Gasteiger partial charge on any atom is -0.351 e. The number of guanidine groups is 1. The molecule has 0 unspecified atom stereocenters. The predicted octanol–water partition coefficient (Wildman–Crippen LogP) is 3.17. The number of thiazole rings is 1. The van der Waals surface area contributed by atoms with Gasteiger partial charge in [0.2, 0.25) is 0 Å². The molecule has 0 atom stereocenters. The Bertz CT molecular complexity index is 843. The molecule has 9 heteroatoms. The molecule has 2 N–H and O–H groups in total. The Labute approximate surface area is 166 Å². The van der Waals surface area contributed by atoms with Crippen molar-refractivity contribution < 1.29 is 0 Å². The summed E-state index contributed by atoms with van der Waals surface area (Å²) in [5.41, 5.74) is 2.01. The Balaban J connectivity index is 0.00000208. The minimum atomic E-state index is 0. The van der Waals surface area contributed by atoms with E-state index < -0.39 is 0 Å². The Morgan fingerprint density at radius 2 is 2.08 bits per heavy atom. The molecule has 24 heavy (non-hydrogen) atoms. The predicted molar refractivity (Wildman–Crippen MR) is 110 cm³/mol. The van der Waals surface area contributed by atoms with Gasteiger partial charge in [-0.15, -0.1) is 35.3 Å². The van der Waals surface area contributed by atoms with Crippen molar-refractivity contribution in [2.75, 3.05) is 7.05 Å². The van der Waals surface area contributed by atoms with Crippen molar-refractivity contribution in [3.05, 3.63) is 46.2 Å². The largest absolute Gasteiger partial charge is 0.351 e. The summed E-state index contributed by atoms with van der Waals surface area (Å²) < 4.78 is 2.96. The van der Waals surface area contributed by atoms with Crippen molar-refractivity contribution >= 4 is 63.1 Å². The minimum absolute atomic E-state index is 0. The summed E-state index contributed by atoms with van der Waals surface area (Å²) in [6, 6.07) is 7.73. The van der Waals surface area contributed by atoms with E-state index >= 15 is 0 Å². The molecule has 2 aromatic heterocycles. The summed E-state index contributed by atoms with van der Waals surface area (Å²) in [5, 5.41) is 12.4. The SMILES string of the molecule is CN=C(NCc1nc2cc(Cl)ccc2s1)NCc1ccnn1C.I. The number of aromatic nitrogens is 3. The third-order valence-electron chi connectivity index (χ3n) is 3.38. The summed E-state index contributed by atoms with van der Waals surface area (Å²) in [4.78, 5) is 8.80. The van der Waals surface area contributed by atoms with Crippen LogP contribution in [0.4, 0.5) is 0 Å². The lowest BCUT2D eigenvalue weighted by Gasteiger charge is -2.10. The molecule has 1 aromatic carbocycles. The fraction of sp³-hybridized carbons (Fsp3) is 0.267. The van der Waals surface area contributed by atoms with Crippen LogP contribution in [-0.4, -0.2) is 27.8 Å². The van der Waals surface area contributed by atoms with Crippen LogP contribution in [0.1, 0.15) is 10.7 Å². The highest BCUT2D eigenvalue weighted by Crippen LogP contribution is 2.24. The van der Waals surface area contributed by atoms with E-state index in [9.17, 15) is 0 Å². The van der Waals surface area contributed by atoms with Crippen molar-refractivity contribution in [2.45, 2.75) is 13.1 Å². The Morgan fingerprint density at radius 3 is 2.79 bits per heavy atom. The zero-order valence-electron chi connectivity index (χ0n) is 13.3. The van der Waals surface area contributed by atoms with Gasteiger partial charge in [-0.25, -0.2) is 4.98 Å². The summed E-state index contributed by atoms with van der Waals surface area (Å²) >= 11 is 7.64. The molecule has 0 saturated heterocycles. The number of halogens is 2. The second-order valence-corrected chi connectivity index (χ2v) is 6.50. The third kappa shape index (κ3) is 4.58. The van der Waals surface area contributed by atoms with E-state index in [1.807, 2.05) is 36.0 Å². The molecule has 0 spiro atoms. The van der Waals surface area contributed by atoms with E-state index in [4.69, 9.17) is 11.6 Å². The molecule has 2 heterocycles. The van der Waals surface area contributed by atoms with Crippen LogP contribution in [-0.2, 0) is 20.1 Å². The molecular formula is C15H18ClIN6S. The topological polar surface area (TPSA) is 67.1 Å². The standard InChI is InChI=1S/C15H17ClN6S.HI/c1-17-15(18-8-11-5-6-20-22(11)2)19-9-14-21-12-7-10(16)3-4-13(12)23-14;/h3-7H,8-9H2,1-2H3,(H2,17,18,19);1H. The Kier molecular flexibility index (Phi) is 6.81. The number of hydrogen-bond acceptors (Lipinski definition) is 4. The molecule has 128 valence electrons. The van der Waals surface area contributed by atoms with Crippen LogP contribution in [0.5, 0.6) is 0 Å². The van der Waals surface area contributed by atoms with Crippen LogP contribution in [0.2, 0.25) is 5.02 Å². The molecule has 6 nitrogen and oxygen atoms in total. The highest BCUT2D eigenvalue weighted by atomic mass is 127. The molecule has 0 aliphatic carbocycles. The molecule has 0 amide bonds. The van der Waals surface area contributed by atoms with E-state index in [1.54, 1.807) is 24.6 Å². The van der Waals surface area contributed by atoms with Gasteiger partial charge in [0.05, 0.1) is 29.0 Å². The van der Waals surface area contributed by atoms with Gasteiger partial charge in [0.1, 0.15) is 5.01 Å². The van der Waals surface area contributed by atoms with Crippen molar-refractivity contribution in [3.63, 3.8) is 0 Å². The van der Waals surface area contributed by atoms with Crippen molar-refractivity contribution in [1.82, 2.24) is 25.4 Å². The van der Waals surface area contributed by atoms with Gasteiger partial charge >= 0.3 is 0 Å². The van der Waals surface area contributed by atoms with E-state index in [2.05, 4.69) is 25.7 Å². The highest BCUT2D eigenvalue weighted by molar-refractivity contribution is 14.0. The van der Waals surface area contributed by atoms with Gasteiger partial charge < -0.3 is 10.6 Å². The maximum Gasteiger partial charge on any atom is 0.191 e. The number of aryl methyl sites for hydroxylation is 1. The molecule has 0 aliphatic rings. The van der Waals surface area contributed by atoms with Gasteiger partial charge in [0.25, 0.3) is 0 Å². The van der Waals surface area contributed by atoms with E-state index in [-0.39, 0.29) is 24.0 Å². The second-order valence-electron chi connectivity index (χ2n) is 4.95. The fourth-order valence-corrected chi connectivity index (χ4v) is 3.21. The number of nitrogens with zero attached hydrogens (tertiary/aromatic N) is 4. The van der Waals surface area contributed by atoms with Gasteiger partial charge in [-0.3, -0.25) is 9.67 Å². The summed E-state index contributed by atoms with van der Waals surface area (Å²) in [7, 11) is 3.66. The number of hydrogen-bond donors (Lipinski definition) is 2. The first-order valence-electron chi connectivity index (χ1n) is 7.12. The summed E-state index contributed by atoms with van der Waals surface area (Å²) in [6.45, 7) is 1.27. The van der Waals surface area contributed by atoms with E-state index in [0.29, 0.717) is 18.1 Å². The summed E-state index contributed by atoms with van der Waals surface area (Å²) in [5.74, 6) is 0.725. The van der Waals surface area contributed by atoms with Crippen molar-refractivity contribution in [2.24, 2.45) is 12.0 Å². The highest BCUT2D eigenvalue weighted by Gasteiger charge is 2.06. The van der Waals surface area contributed by atoms with Crippen molar-refractivity contribution in [1.29, 1.82) is 0 Å². The van der Waals surface area contributed by atoms with E-state index in [0.717, 1.165) is 26.9 Å². The molecule has 0 aliphatic heterocycles. The van der Waals surface area contributed by atoms with Gasteiger partial charge in [0, 0.05) is 25.3 Å². The van der Waals surface area contributed by atoms with Crippen LogP contribution < -0.4 is 10.6 Å². The van der Waals surface area contributed by atoms with Gasteiger partial charge in [-0.1, -0.05) is 11.6 Å². The molecule has 3 rings (SSSR count). The zero-order chi connectivity index (χ0) is 16.2. The average Bonchev–Trinajstić information content (AvgIpc) is 3.13. The quantitative estimate of drug-likeness (QED) is 0.345. The molecule has 0 fully saturated rings. The maximum atomic E-state index is 5.99. The molecule has 3 aromatic rings. The monoisotopic (exact) mass is 476 g/mol. The number of rotatable bonds is 4. The van der Waals surface area contributed by atoms with Gasteiger partial charge in [-0.2, -0.15) is 5.10 Å². The van der Waals surface area contributed by atoms with Gasteiger partial charge in [-0.05, 0) is 24.3 Å².